The number of benzene rings is 1. The van der Waals surface area contributed by atoms with Gasteiger partial charge in [0, 0.05) is 29.9 Å². The Morgan fingerprint density at radius 3 is 2.15 bits per heavy atom. The topological polar surface area (TPSA) is 47.0 Å². The van der Waals surface area contributed by atoms with Gasteiger partial charge in [0.05, 0.1) is 7.11 Å². The lowest BCUT2D eigenvalue weighted by molar-refractivity contribution is 0.414. The van der Waals surface area contributed by atoms with E-state index in [2.05, 4.69) is 15.3 Å². The second-order valence-corrected chi connectivity index (χ2v) is 4.84. The zero-order valence-electron chi connectivity index (χ0n) is 12.5. The fourth-order valence-corrected chi connectivity index (χ4v) is 2.25. The van der Waals surface area contributed by atoms with Gasteiger partial charge in [0.15, 0.2) is 0 Å². The summed E-state index contributed by atoms with van der Waals surface area (Å²) in [5, 5.41) is 3.15. The summed E-state index contributed by atoms with van der Waals surface area (Å²) in [4.78, 5) is 9.22. The molecule has 1 N–H and O–H groups in total. The zero-order valence-corrected chi connectivity index (χ0v) is 12.5. The van der Waals surface area contributed by atoms with Gasteiger partial charge in [-0.3, -0.25) is 0 Å². The molecule has 1 aromatic carbocycles. The highest BCUT2D eigenvalue weighted by Crippen LogP contribution is 2.15. The number of aromatic nitrogens is 2. The normalized spacial score (nSPS) is 10.6. The van der Waals surface area contributed by atoms with Crippen molar-refractivity contribution in [1.82, 2.24) is 15.3 Å². The SMILES string of the molecule is CNCc1c(C)nc(Cc2ccc(OC)cc2)nc1C. The number of aryl methyl sites for hydroxylation is 2. The Bertz CT molecular complexity index is 556. The summed E-state index contributed by atoms with van der Waals surface area (Å²) in [6.07, 6.45) is 0.742. The van der Waals surface area contributed by atoms with Crippen molar-refractivity contribution in [2.24, 2.45) is 0 Å². The van der Waals surface area contributed by atoms with E-state index in [0.29, 0.717) is 0 Å². The fourth-order valence-electron chi connectivity index (χ4n) is 2.25. The van der Waals surface area contributed by atoms with Crippen molar-refractivity contribution in [2.75, 3.05) is 14.2 Å². The highest BCUT2D eigenvalue weighted by molar-refractivity contribution is 5.30. The number of rotatable bonds is 5. The van der Waals surface area contributed by atoms with Gasteiger partial charge in [0.2, 0.25) is 0 Å². The number of methoxy groups -OCH3 is 1. The maximum absolute atomic E-state index is 5.16. The number of nitrogens with zero attached hydrogens (tertiary/aromatic N) is 2. The quantitative estimate of drug-likeness (QED) is 0.907. The maximum atomic E-state index is 5.16. The Morgan fingerprint density at radius 2 is 1.65 bits per heavy atom. The van der Waals surface area contributed by atoms with Crippen LogP contribution in [-0.2, 0) is 13.0 Å². The van der Waals surface area contributed by atoms with Crippen LogP contribution in [0, 0.1) is 13.8 Å². The molecule has 4 nitrogen and oxygen atoms in total. The van der Waals surface area contributed by atoms with E-state index in [1.54, 1.807) is 7.11 Å². The Balaban J connectivity index is 2.20. The Kier molecular flexibility index (Phi) is 4.69. The van der Waals surface area contributed by atoms with Gasteiger partial charge < -0.3 is 10.1 Å². The first kappa shape index (κ1) is 14.5. The largest absolute Gasteiger partial charge is 0.497 e. The van der Waals surface area contributed by atoms with Gasteiger partial charge in [0.1, 0.15) is 11.6 Å². The summed E-state index contributed by atoms with van der Waals surface area (Å²) in [7, 11) is 3.61. The molecule has 0 amide bonds. The molecule has 0 saturated heterocycles. The first-order valence-electron chi connectivity index (χ1n) is 6.74. The molecule has 0 unspecified atom stereocenters. The van der Waals surface area contributed by atoms with E-state index >= 15 is 0 Å². The molecule has 2 rings (SSSR count). The highest BCUT2D eigenvalue weighted by Gasteiger charge is 2.08. The van der Waals surface area contributed by atoms with Crippen molar-refractivity contribution in [3.05, 3.63) is 52.6 Å². The van der Waals surface area contributed by atoms with Crippen molar-refractivity contribution >= 4 is 0 Å². The van der Waals surface area contributed by atoms with E-state index in [9.17, 15) is 0 Å². The molecule has 4 heteroatoms. The molecular formula is C16H21N3O. The molecule has 1 aromatic heterocycles. The molecule has 1 heterocycles. The third-order valence-electron chi connectivity index (χ3n) is 3.34. The van der Waals surface area contributed by atoms with Gasteiger partial charge in [-0.2, -0.15) is 0 Å². The monoisotopic (exact) mass is 271 g/mol. The van der Waals surface area contributed by atoms with Crippen LogP contribution >= 0.6 is 0 Å². The van der Waals surface area contributed by atoms with Gasteiger partial charge in [-0.15, -0.1) is 0 Å². The zero-order chi connectivity index (χ0) is 14.5. The molecule has 0 bridgehead atoms. The van der Waals surface area contributed by atoms with E-state index < -0.39 is 0 Å². The van der Waals surface area contributed by atoms with Crippen LogP contribution in [-0.4, -0.2) is 24.1 Å². The standard InChI is InChI=1S/C16H21N3O/c1-11-15(10-17-3)12(2)19-16(18-11)9-13-5-7-14(20-4)8-6-13/h5-8,17H,9-10H2,1-4H3. The van der Waals surface area contributed by atoms with Crippen LogP contribution in [0.5, 0.6) is 5.75 Å². The Hall–Kier alpha value is -1.94. The van der Waals surface area contributed by atoms with Crippen molar-refractivity contribution in [2.45, 2.75) is 26.8 Å². The van der Waals surface area contributed by atoms with Gasteiger partial charge >= 0.3 is 0 Å². The molecule has 2 aromatic rings. The summed E-state index contributed by atoms with van der Waals surface area (Å²) in [6, 6.07) is 8.03. The molecule has 20 heavy (non-hydrogen) atoms. The molecule has 0 radical (unpaired) electrons. The number of ether oxygens (including phenoxy) is 1. The average Bonchev–Trinajstić information content (AvgIpc) is 2.44. The van der Waals surface area contributed by atoms with Gasteiger partial charge in [-0.05, 0) is 38.6 Å². The highest BCUT2D eigenvalue weighted by atomic mass is 16.5. The van der Waals surface area contributed by atoms with E-state index in [-0.39, 0.29) is 0 Å². The molecule has 0 aliphatic carbocycles. The van der Waals surface area contributed by atoms with Crippen molar-refractivity contribution in [3.63, 3.8) is 0 Å². The van der Waals surface area contributed by atoms with Crippen LogP contribution in [0.2, 0.25) is 0 Å². The molecular weight excluding hydrogens is 250 g/mol. The summed E-state index contributed by atoms with van der Waals surface area (Å²) in [5.74, 6) is 1.73. The van der Waals surface area contributed by atoms with Gasteiger partial charge in [-0.25, -0.2) is 9.97 Å². The summed E-state index contributed by atoms with van der Waals surface area (Å²) in [6.45, 7) is 4.89. The summed E-state index contributed by atoms with van der Waals surface area (Å²) < 4.78 is 5.16. The van der Waals surface area contributed by atoms with Gasteiger partial charge in [0.25, 0.3) is 0 Å². The first-order valence-corrected chi connectivity index (χ1v) is 6.74. The van der Waals surface area contributed by atoms with Crippen molar-refractivity contribution in [1.29, 1.82) is 0 Å². The van der Waals surface area contributed by atoms with Crippen LogP contribution < -0.4 is 10.1 Å². The molecule has 0 fully saturated rings. The van der Waals surface area contributed by atoms with Crippen LogP contribution in [0.25, 0.3) is 0 Å². The third-order valence-corrected chi connectivity index (χ3v) is 3.34. The lowest BCUT2D eigenvalue weighted by atomic mass is 10.1. The fraction of sp³-hybridized carbons (Fsp3) is 0.375. The predicted octanol–water partition coefficient (Wildman–Crippen LogP) is 2.41. The number of nitrogens with one attached hydrogen (secondary N) is 1. The lowest BCUT2D eigenvalue weighted by Gasteiger charge is -2.10. The van der Waals surface area contributed by atoms with Crippen LogP contribution in [0.1, 0.15) is 28.3 Å². The van der Waals surface area contributed by atoms with E-state index in [0.717, 1.165) is 35.9 Å². The minimum absolute atomic E-state index is 0.742. The Morgan fingerprint density at radius 1 is 1.05 bits per heavy atom. The van der Waals surface area contributed by atoms with E-state index in [1.807, 2.05) is 45.2 Å². The van der Waals surface area contributed by atoms with Crippen molar-refractivity contribution < 1.29 is 4.74 Å². The molecule has 106 valence electrons. The molecule has 0 saturated carbocycles. The number of hydrogen-bond donors (Lipinski definition) is 1. The summed E-state index contributed by atoms with van der Waals surface area (Å²) in [5.41, 5.74) is 4.47. The lowest BCUT2D eigenvalue weighted by Crippen LogP contribution is -2.12. The maximum Gasteiger partial charge on any atom is 0.133 e. The van der Waals surface area contributed by atoms with Gasteiger partial charge in [-0.1, -0.05) is 12.1 Å². The molecule has 0 spiro atoms. The average molecular weight is 271 g/mol. The first-order chi connectivity index (χ1) is 9.63. The molecule has 0 aliphatic heterocycles. The van der Waals surface area contributed by atoms with E-state index in [4.69, 9.17) is 4.74 Å². The third kappa shape index (κ3) is 3.33. The molecule has 0 aliphatic rings. The number of hydrogen-bond acceptors (Lipinski definition) is 4. The smallest absolute Gasteiger partial charge is 0.133 e. The predicted molar refractivity (Wildman–Crippen MR) is 80.1 cm³/mol. The Labute approximate surface area is 120 Å². The van der Waals surface area contributed by atoms with Crippen LogP contribution in [0.3, 0.4) is 0 Å². The second-order valence-electron chi connectivity index (χ2n) is 4.84. The molecule has 0 atom stereocenters. The van der Waals surface area contributed by atoms with E-state index in [1.165, 1.54) is 11.1 Å². The minimum Gasteiger partial charge on any atom is -0.497 e. The van der Waals surface area contributed by atoms with Crippen LogP contribution in [0.15, 0.2) is 24.3 Å². The summed E-state index contributed by atoms with van der Waals surface area (Å²) >= 11 is 0. The van der Waals surface area contributed by atoms with Crippen molar-refractivity contribution in [3.8, 4) is 5.75 Å². The second kappa shape index (κ2) is 6.48. The van der Waals surface area contributed by atoms with Crippen LogP contribution in [0.4, 0.5) is 0 Å². The minimum atomic E-state index is 0.742.